The van der Waals surface area contributed by atoms with E-state index in [9.17, 15) is 10.4 Å². The Hall–Kier alpha value is -3.44. The molecule has 0 aliphatic carbocycles. The smallest absolute Gasteiger partial charge is 0.224 e. The third kappa shape index (κ3) is 3.17. The van der Waals surface area contributed by atoms with Crippen LogP contribution in [-0.4, -0.2) is 21.5 Å². The number of nitrogens with zero attached hydrogens (tertiary/aromatic N) is 3. The SMILES string of the molecule is CCOc1cc([C@H]2C(C#N)=C(N)Oc3c2c(-c2ccccc2)nn3C)cc(Br)c1O. The zero-order chi connectivity index (χ0) is 21.4. The average molecular weight is 467 g/mol. The summed E-state index contributed by atoms with van der Waals surface area (Å²) in [5.74, 6) is 0.268. The molecule has 7 nitrogen and oxygen atoms in total. The Morgan fingerprint density at radius 2 is 2.07 bits per heavy atom. The maximum absolute atomic E-state index is 10.3. The van der Waals surface area contributed by atoms with Gasteiger partial charge in [0.05, 0.1) is 22.6 Å². The molecule has 4 rings (SSSR count). The highest BCUT2D eigenvalue weighted by atomic mass is 79.9. The standard InChI is InChI=1S/C22H19BrN4O3/c1-3-29-16-10-13(9-15(23)20(16)28)17-14(11-24)21(25)30-22-18(17)19(26-27(22)2)12-7-5-4-6-8-12/h4-10,17,28H,3,25H2,1-2H3/t17-/m0/s1. The van der Waals surface area contributed by atoms with E-state index in [4.69, 9.17) is 15.2 Å². The molecule has 3 aromatic rings. The summed E-state index contributed by atoms with van der Waals surface area (Å²) in [6, 6.07) is 15.3. The number of halogens is 1. The van der Waals surface area contributed by atoms with Crippen molar-refractivity contribution in [3.63, 3.8) is 0 Å². The van der Waals surface area contributed by atoms with Crippen molar-refractivity contribution in [1.29, 1.82) is 5.26 Å². The van der Waals surface area contributed by atoms with E-state index >= 15 is 0 Å². The average Bonchev–Trinajstić information content (AvgIpc) is 3.07. The van der Waals surface area contributed by atoms with Crippen molar-refractivity contribution < 1.29 is 14.6 Å². The number of hydrogen-bond acceptors (Lipinski definition) is 6. The second kappa shape index (κ2) is 7.76. The number of nitriles is 1. The van der Waals surface area contributed by atoms with Gasteiger partial charge in [0.1, 0.15) is 17.3 Å². The molecule has 152 valence electrons. The van der Waals surface area contributed by atoms with Gasteiger partial charge in [-0.15, -0.1) is 0 Å². The number of benzene rings is 2. The number of fused-ring (bicyclic) bond motifs is 1. The maximum Gasteiger partial charge on any atom is 0.224 e. The third-order valence-electron chi connectivity index (χ3n) is 4.93. The minimum atomic E-state index is -0.543. The van der Waals surface area contributed by atoms with Crippen LogP contribution in [0.4, 0.5) is 0 Å². The number of allylic oxidation sites excluding steroid dienone is 1. The van der Waals surface area contributed by atoms with Crippen LogP contribution in [0.5, 0.6) is 17.4 Å². The lowest BCUT2D eigenvalue weighted by Gasteiger charge is -2.25. The van der Waals surface area contributed by atoms with Crippen molar-refractivity contribution in [2.24, 2.45) is 12.8 Å². The molecule has 0 unspecified atom stereocenters. The number of aromatic hydroxyl groups is 1. The number of rotatable bonds is 4. The summed E-state index contributed by atoms with van der Waals surface area (Å²) in [5, 5.41) is 24.9. The Bertz CT molecular complexity index is 1200. The fraction of sp³-hybridized carbons (Fsp3) is 0.182. The monoisotopic (exact) mass is 466 g/mol. The number of aryl methyl sites for hydroxylation is 1. The van der Waals surface area contributed by atoms with Crippen LogP contribution in [0.15, 0.2) is 58.4 Å². The Morgan fingerprint density at radius 3 is 2.73 bits per heavy atom. The third-order valence-corrected chi connectivity index (χ3v) is 5.53. The fourth-order valence-electron chi connectivity index (χ4n) is 3.64. The molecule has 2 heterocycles. The van der Waals surface area contributed by atoms with Gasteiger partial charge in [-0.05, 0) is 40.5 Å². The van der Waals surface area contributed by atoms with Crippen LogP contribution in [0.3, 0.4) is 0 Å². The Morgan fingerprint density at radius 1 is 1.33 bits per heavy atom. The molecule has 0 radical (unpaired) electrons. The number of phenols is 1. The van der Waals surface area contributed by atoms with Gasteiger partial charge in [0.25, 0.3) is 0 Å². The number of phenolic OH excluding ortho intramolecular Hbond substituents is 1. The molecular weight excluding hydrogens is 448 g/mol. The van der Waals surface area contributed by atoms with Crippen molar-refractivity contribution >= 4 is 15.9 Å². The summed E-state index contributed by atoms with van der Waals surface area (Å²) in [4.78, 5) is 0. The second-order valence-corrected chi connectivity index (χ2v) is 7.62. The van der Waals surface area contributed by atoms with Gasteiger partial charge < -0.3 is 20.3 Å². The number of aromatic nitrogens is 2. The van der Waals surface area contributed by atoms with Crippen LogP contribution in [0.25, 0.3) is 11.3 Å². The van der Waals surface area contributed by atoms with Crippen LogP contribution < -0.4 is 15.2 Å². The summed E-state index contributed by atoms with van der Waals surface area (Å²) in [7, 11) is 1.77. The number of hydrogen-bond donors (Lipinski definition) is 2. The highest BCUT2D eigenvalue weighted by molar-refractivity contribution is 9.10. The van der Waals surface area contributed by atoms with Crippen molar-refractivity contribution in [1.82, 2.24) is 9.78 Å². The minimum absolute atomic E-state index is 0.00203. The van der Waals surface area contributed by atoms with E-state index in [0.717, 1.165) is 16.7 Å². The molecule has 2 aromatic carbocycles. The highest BCUT2D eigenvalue weighted by Gasteiger charge is 2.37. The van der Waals surface area contributed by atoms with Crippen molar-refractivity contribution in [3.8, 4) is 34.7 Å². The first-order valence-electron chi connectivity index (χ1n) is 9.31. The largest absolute Gasteiger partial charge is 0.503 e. The lowest BCUT2D eigenvalue weighted by molar-refractivity contribution is 0.316. The van der Waals surface area contributed by atoms with Gasteiger partial charge in [0.2, 0.25) is 11.8 Å². The van der Waals surface area contributed by atoms with E-state index in [0.29, 0.717) is 28.4 Å². The minimum Gasteiger partial charge on any atom is -0.503 e. The molecule has 30 heavy (non-hydrogen) atoms. The predicted molar refractivity (Wildman–Crippen MR) is 115 cm³/mol. The van der Waals surface area contributed by atoms with Gasteiger partial charge >= 0.3 is 0 Å². The van der Waals surface area contributed by atoms with Crippen molar-refractivity contribution in [3.05, 3.63) is 69.5 Å². The maximum atomic E-state index is 10.3. The quantitative estimate of drug-likeness (QED) is 0.597. The zero-order valence-corrected chi connectivity index (χ0v) is 18.0. The van der Waals surface area contributed by atoms with Gasteiger partial charge in [0.15, 0.2) is 11.5 Å². The molecule has 3 N–H and O–H groups in total. The van der Waals surface area contributed by atoms with E-state index < -0.39 is 5.92 Å². The van der Waals surface area contributed by atoms with E-state index in [2.05, 4.69) is 27.1 Å². The lowest BCUT2D eigenvalue weighted by Crippen LogP contribution is -2.22. The first-order chi connectivity index (χ1) is 14.5. The van der Waals surface area contributed by atoms with Gasteiger partial charge in [-0.1, -0.05) is 30.3 Å². The lowest BCUT2D eigenvalue weighted by atomic mass is 9.83. The van der Waals surface area contributed by atoms with Crippen LogP contribution in [0.1, 0.15) is 24.0 Å². The Kier molecular flexibility index (Phi) is 5.14. The molecule has 1 atom stereocenters. The molecule has 1 aliphatic heterocycles. The molecule has 0 saturated carbocycles. The number of ether oxygens (including phenoxy) is 2. The molecule has 0 bridgehead atoms. The van der Waals surface area contributed by atoms with Gasteiger partial charge in [-0.25, -0.2) is 4.68 Å². The summed E-state index contributed by atoms with van der Waals surface area (Å²) in [6.07, 6.45) is 0. The molecule has 0 spiro atoms. The normalized spacial score (nSPS) is 15.3. The highest BCUT2D eigenvalue weighted by Crippen LogP contribution is 2.49. The second-order valence-electron chi connectivity index (χ2n) is 6.76. The summed E-state index contributed by atoms with van der Waals surface area (Å²) >= 11 is 3.39. The molecule has 8 heteroatoms. The van der Waals surface area contributed by atoms with Crippen LogP contribution in [0.2, 0.25) is 0 Å². The van der Waals surface area contributed by atoms with Crippen molar-refractivity contribution in [2.75, 3.05) is 6.61 Å². The molecule has 1 aromatic heterocycles. The fourth-order valence-corrected chi connectivity index (χ4v) is 4.10. The van der Waals surface area contributed by atoms with Crippen LogP contribution in [0, 0.1) is 11.3 Å². The summed E-state index contributed by atoms with van der Waals surface area (Å²) < 4.78 is 13.5. The predicted octanol–water partition coefficient (Wildman–Crippen LogP) is 4.17. The van der Waals surface area contributed by atoms with Crippen molar-refractivity contribution in [2.45, 2.75) is 12.8 Å². The van der Waals surface area contributed by atoms with Crippen LogP contribution in [-0.2, 0) is 7.05 Å². The molecule has 0 amide bonds. The van der Waals surface area contributed by atoms with Gasteiger partial charge in [-0.3, -0.25) is 0 Å². The topological polar surface area (TPSA) is 106 Å². The first-order valence-corrected chi connectivity index (χ1v) is 10.1. The molecular formula is C22H19BrN4O3. The van der Waals surface area contributed by atoms with E-state index in [1.54, 1.807) is 23.9 Å². The Labute approximate surface area is 182 Å². The van der Waals surface area contributed by atoms with E-state index in [1.165, 1.54) is 0 Å². The van der Waals surface area contributed by atoms with E-state index in [-0.39, 0.29) is 17.2 Å². The molecule has 1 aliphatic rings. The van der Waals surface area contributed by atoms with Gasteiger partial charge in [-0.2, -0.15) is 10.4 Å². The van der Waals surface area contributed by atoms with E-state index in [1.807, 2.05) is 37.3 Å². The van der Waals surface area contributed by atoms with Crippen LogP contribution >= 0.6 is 15.9 Å². The summed E-state index contributed by atoms with van der Waals surface area (Å²) in [5.41, 5.74) is 9.42. The zero-order valence-electron chi connectivity index (χ0n) is 16.4. The van der Waals surface area contributed by atoms with Gasteiger partial charge in [0, 0.05) is 12.6 Å². The first kappa shape index (κ1) is 19.9. The Balaban J connectivity index is 2.00. The summed E-state index contributed by atoms with van der Waals surface area (Å²) in [6.45, 7) is 2.22. The molecule has 0 saturated heterocycles. The molecule has 0 fully saturated rings. The number of nitrogens with two attached hydrogens (primary N) is 1.